The van der Waals surface area contributed by atoms with Gasteiger partial charge in [-0.1, -0.05) is 30.3 Å². The minimum atomic E-state index is -0.234. The second kappa shape index (κ2) is 9.52. The highest BCUT2D eigenvalue weighted by molar-refractivity contribution is 9.12. The van der Waals surface area contributed by atoms with Crippen molar-refractivity contribution in [2.24, 2.45) is 5.10 Å². The molecule has 0 fully saturated rings. The van der Waals surface area contributed by atoms with Gasteiger partial charge in [-0.2, -0.15) is 5.10 Å². The van der Waals surface area contributed by atoms with Gasteiger partial charge in [0.05, 0.1) is 19.9 Å². The summed E-state index contributed by atoms with van der Waals surface area (Å²) >= 11 is 3.39. The molecule has 24 heavy (non-hydrogen) atoms. The van der Waals surface area contributed by atoms with Crippen LogP contribution in [0.25, 0.3) is 6.08 Å². The summed E-state index contributed by atoms with van der Waals surface area (Å²) in [6.45, 7) is 0.129. The van der Waals surface area contributed by atoms with Gasteiger partial charge >= 0.3 is 0 Å². The van der Waals surface area contributed by atoms with Crippen LogP contribution in [0.3, 0.4) is 0 Å². The highest BCUT2D eigenvalue weighted by atomic mass is 79.9. The first kappa shape index (κ1) is 17.7. The number of ether oxygens (including phenoxy) is 1. The van der Waals surface area contributed by atoms with Gasteiger partial charge in [-0.05, 0) is 51.8 Å². The van der Waals surface area contributed by atoms with E-state index in [1.165, 1.54) is 6.21 Å². The molecule has 0 radical (unpaired) electrons. The van der Waals surface area contributed by atoms with E-state index in [9.17, 15) is 4.79 Å². The van der Waals surface area contributed by atoms with Crippen LogP contribution in [0.2, 0.25) is 0 Å². The zero-order valence-electron chi connectivity index (χ0n) is 13.2. The summed E-state index contributed by atoms with van der Waals surface area (Å²) in [5.41, 5.74) is 4.34. The SMILES string of the molecule is COc1ccc(NCC(=O)N/N=C\C(Br)=C\c2ccccc2)cc1. The van der Waals surface area contributed by atoms with Crippen LogP contribution < -0.4 is 15.5 Å². The van der Waals surface area contributed by atoms with E-state index < -0.39 is 0 Å². The Morgan fingerprint density at radius 3 is 2.54 bits per heavy atom. The molecule has 0 atom stereocenters. The van der Waals surface area contributed by atoms with E-state index in [0.29, 0.717) is 0 Å². The van der Waals surface area contributed by atoms with Gasteiger partial charge in [0.25, 0.3) is 5.91 Å². The summed E-state index contributed by atoms with van der Waals surface area (Å²) in [7, 11) is 1.61. The average Bonchev–Trinajstić information content (AvgIpc) is 2.61. The number of carbonyl (C=O) groups excluding carboxylic acids is 1. The van der Waals surface area contributed by atoms with Crippen molar-refractivity contribution >= 4 is 39.8 Å². The number of methoxy groups -OCH3 is 1. The number of nitrogens with one attached hydrogen (secondary N) is 2. The largest absolute Gasteiger partial charge is 0.497 e. The lowest BCUT2D eigenvalue weighted by Gasteiger charge is -2.06. The summed E-state index contributed by atoms with van der Waals surface area (Å²) < 4.78 is 5.84. The van der Waals surface area contributed by atoms with Gasteiger partial charge in [0.1, 0.15) is 5.75 Å². The molecule has 2 aromatic rings. The second-order valence-corrected chi connectivity index (χ2v) is 5.73. The Morgan fingerprint density at radius 2 is 1.88 bits per heavy atom. The highest BCUT2D eigenvalue weighted by Gasteiger charge is 2.00. The van der Waals surface area contributed by atoms with Crippen molar-refractivity contribution in [3.63, 3.8) is 0 Å². The molecule has 0 bridgehead atoms. The van der Waals surface area contributed by atoms with Crippen molar-refractivity contribution in [3.05, 3.63) is 64.6 Å². The third-order valence-corrected chi connectivity index (χ3v) is 3.46. The summed E-state index contributed by atoms with van der Waals surface area (Å²) in [5, 5.41) is 6.91. The maximum atomic E-state index is 11.7. The number of amides is 1. The van der Waals surface area contributed by atoms with E-state index in [4.69, 9.17) is 4.74 Å². The van der Waals surface area contributed by atoms with Gasteiger partial charge < -0.3 is 10.1 Å². The first-order valence-electron chi connectivity index (χ1n) is 7.29. The Labute approximate surface area is 149 Å². The van der Waals surface area contributed by atoms with Gasteiger partial charge in [-0.15, -0.1) is 0 Å². The van der Waals surface area contributed by atoms with Crippen LogP contribution >= 0.6 is 15.9 Å². The average molecular weight is 388 g/mol. The van der Waals surface area contributed by atoms with Crippen LogP contribution in [-0.4, -0.2) is 25.8 Å². The van der Waals surface area contributed by atoms with Crippen LogP contribution in [0, 0.1) is 0 Å². The van der Waals surface area contributed by atoms with Gasteiger partial charge in [0, 0.05) is 10.2 Å². The predicted octanol–water partition coefficient (Wildman–Crippen LogP) is 3.65. The fourth-order valence-corrected chi connectivity index (χ4v) is 2.21. The predicted molar refractivity (Wildman–Crippen MR) is 101 cm³/mol. The molecule has 2 rings (SSSR count). The molecule has 0 spiro atoms. The van der Waals surface area contributed by atoms with Crippen LogP contribution in [0.4, 0.5) is 5.69 Å². The molecule has 1 amide bonds. The Balaban J connectivity index is 1.76. The molecule has 0 aliphatic rings. The third kappa shape index (κ3) is 6.26. The van der Waals surface area contributed by atoms with Crippen LogP contribution in [0.15, 0.2) is 64.2 Å². The number of anilines is 1. The molecular formula is C18H18BrN3O2. The second-order valence-electron chi connectivity index (χ2n) is 4.82. The highest BCUT2D eigenvalue weighted by Crippen LogP contribution is 2.14. The van der Waals surface area contributed by atoms with Crippen molar-refractivity contribution in [1.29, 1.82) is 0 Å². The summed E-state index contributed by atoms with van der Waals surface area (Å²) in [4.78, 5) is 11.7. The third-order valence-electron chi connectivity index (χ3n) is 3.02. The molecule has 0 heterocycles. The van der Waals surface area contributed by atoms with Crippen molar-refractivity contribution in [3.8, 4) is 5.75 Å². The number of rotatable bonds is 7. The van der Waals surface area contributed by atoms with Crippen molar-refractivity contribution in [2.45, 2.75) is 0 Å². The van der Waals surface area contributed by atoms with E-state index >= 15 is 0 Å². The van der Waals surface area contributed by atoms with E-state index in [-0.39, 0.29) is 12.5 Å². The zero-order chi connectivity index (χ0) is 17.2. The van der Waals surface area contributed by atoms with E-state index in [1.807, 2.05) is 60.7 Å². The first-order chi connectivity index (χ1) is 11.7. The topological polar surface area (TPSA) is 62.7 Å². The lowest BCUT2D eigenvalue weighted by atomic mass is 10.2. The van der Waals surface area contributed by atoms with Gasteiger partial charge in [0.15, 0.2) is 0 Å². The van der Waals surface area contributed by atoms with Gasteiger partial charge in [-0.25, -0.2) is 5.43 Å². The van der Waals surface area contributed by atoms with Crippen molar-refractivity contribution < 1.29 is 9.53 Å². The fourth-order valence-electron chi connectivity index (χ4n) is 1.84. The molecule has 5 nitrogen and oxygen atoms in total. The number of nitrogens with zero attached hydrogens (tertiary/aromatic N) is 1. The zero-order valence-corrected chi connectivity index (χ0v) is 14.8. The quantitative estimate of drug-likeness (QED) is 0.562. The van der Waals surface area contributed by atoms with E-state index in [1.54, 1.807) is 7.11 Å². The molecule has 2 N–H and O–H groups in total. The van der Waals surface area contributed by atoms with Crippen LogP contribution in [-0.2, 0) is 4.79 Å². The molecule has 0 aliphatic heterocycles. The standard InChI is InChI=1S/C18H18BrN3O2/c1-24-17-9-7-16(8-10-17)20-13-18(23)22-21-12-15(19)11-14-5-3-2-4-6-14/h2-12,20H,13H2,1H3,(H,22,23)/b15-11-,21-12-. The minimum absolute atomic E-state index is 0.129. The summed E-state index contributed by atoms with van der Waals surface area (Å²) in [5.74, 6) is 0.534. The number of hydrogen-bond acceptors (Lipinski definition) is 4. The fraction of sp³-hybridized carbons (Fsp3) is 0.111. The lowest BCUT2D eigenvalue weighted by molar-refractivity contribution is -0.119. The summed E-state index contributed by atoms with van der Waals surface area (Å²) in [6, 6.07) is 17.1. The van der Waals surface area contributed by atoms with Crippen molar-refractivity contribution in [2.75, 3.05) is 19.0 Å². The van der Waals surface area contributed by atoms with Gasteiger partial charge in [0.2, 0.25) is 0 Å². The molecule has 0 aliphatic carbocycles. The smallest absolute Gasteiger partial charge is 0.259 e. The first-order valence-corrected chi connectivity index (χ1v) is 8.09. The number of halogens is 1. The van der Waals surface area contributed by atoms with Crippen molar-refractivity contribution in [1.82, 2.24) is 5.43 Å². The molecule has 2 aromatic carbocycles. The molecule has 0 aromatic heterocycles. The number of hydrazone groups is 1. The number of benzene rings is 2. The molecule has 6 heteroatoms. The molecule has 0 saturated carbocycles. The maximum Gasteiger partial charge on any atom is 0.259 e. The molecular weight excluding hydrogens is 370 g/mol. The lowest BCUT2D eigenvalue weighted by Crippen LogP contribution is -2.25. The Morgan fingerprint density at radius 1 is 1.17 bits per heavy atom. The Hall–Kier alpha value is -2.60. The van der Waals surface area contributed by atoms with Crippen LogP contribution in [0.1, 0.15) is 5.56 Å². The molecule has 0 unspecified atom stereocenters. The van der Waals surface area contributed by atoms with E-state index in [0.717, 1.165) is 21.5 Å². The monoisotopic (exact) mass is 387 g/mol. The normalized spacial score (nSPS) is 11.3. The number of carbonyl (C=O) groups is 1. The van der Waals surface area contributed by atoms with Crippen LogP contribution in [0.5, 0.6) is 5.75 Å². The summed E-state index contributed by atoms with van der Waals surface area (Å²) in [6.07, 6.45) is 3.45. The maximum absolute atomic E-state index is 11.7. The molecule has 124 valence electrons. The van der Waals surface area contributed by atoms with Gasteiger partial charge in [-0.3, -0.25) is 4.79 Å². The molecule has 0 saturated heterocycles. The van der Waals surface area contributed by atoms with E-state index in [2.05, 4.69) is 31.8 Å². The Bertz CT molecular complexity index is 713. The number of hydrogen-bond donors (Lipinski definition) is 2. The minimum Gasteiger partial charge on any atom is -0.497 e. The number of allylic oxidation sites excluding steroid dienone is 1. The Kier molecular flexibility index (Phi) is 7.04.